The van der Waals surface area contributed by atoms with Gasteiger partial charge < -0.3 is 4.40 Å². The van der Waals surface area contributed by atoms with Crippen molar-refractivity contribution in [3.8, 4) is 16.8 Å². The van der Waals surface area contributed by atoms with Gasteiger partial charge >= 0.3 is 0 Å². The molecule has 0 atom stereocenters. The lowest BCUT2D eigenvalue weighted by Gasteiger charge is -2.11. The minimum absolute atomic E-state index is 0.0818. The third kappa shape index (κ3) is 3.26. The molecule has 5 rings (SSSR count). The Morgan fingerprint density at radius 2 is 1.47 bits per heavy atom. The highest BCUT2D eigenvalue weighted by Crippen LogP contribution is 2.37. The maximum absolute atomic E-state index is 13.9. The van der Waals surface area contributed by atoms with E-state index >= 15 is 0 Å². The van der Waals surface area contributed by atoms with Crippen molar-refractivity contribution in [2.75, 3.05) is 0 Å². The number of carbonyl (C=O) groups is 1. The SMILES string of the molecule is Cc1cccc(C(=O)c2c(-c3cccc(C)c3)c(-n3ccccc3=O)c3ccccn23)c1. The number of benzene rings is 2. The van der Waals surface area contributed by atoms with E-state index < -0.39 is 0 Å². The van der Waals surface area contributed by atoms with Gasteiger partial charge in [0.25, 0.3) is 5.56 Å². The summed E-state index contributed by atoms with van der Waals surface area (Å²) in [6.07, 6.45) is 3.64. The Hall–Kier alpha value is -4.18. The summed E-state index contributed by atoms with van der Waals surface area (Å²) in [4.78, 5) is 26.8. The smallest absolute Gasteiger partial charge is 0.255 e. The van der Waals surface area contributed by atoms with Crippen LogP contribution in [-0.2, 0) is 0 Å². The van der Waals surface area contributed by atoms with Crippen molar-refractivity contribution >= 4 is 11.3 Å². The summed E-state index contributed by atoms with van der Waals surface area (Å²) in [5.74, 6) is -0.0818. The predicted molar refractivity (Wildman–Crippen MR) is 128 cm³/mol. The normalized spacial score (nSPS) is 11.1. The van der Waals surface area contributed by atoms with Gasteiger partial charge in [0.1, 0.15) is 5.69 Å². The monoisotopic (exact) mass is 418 g/mol. The Morgan fingerprint density at radius 1 is 0.750 bits per heavy atom. The second kappa shape index (κ2) is 7.82. The molecule has 0 aliphatic rings. The van der Waals surface area contributed by atoms with Gasteiger partial charge in [-0.2, -0.15) is 0 Å². The number of hydrogen-bond donors (Lipinski definition) is 0. The van der Waals surface area contributed by atoms with Crippen molar-refractivity contribution in [3.05, 3.63) is 130 Å². The highest BCUT2D eigenvalue weighted by molar-refractivity contribution is 6.15. The Kier molecular flexibility index (Phi) is 4.83. The highest BCUT2D eigenvalue weighted by atomic mass is 16.1. The van der Waals surface area contributed by atoms with Crippen LogP contribution in [0.3, 0.4) is 0 Å². The Morgan fingerprint density at radius 3 is 2.22 bits per heavy atom. The molecule has 0 amide bonds. The van der Waals surface area contributed by atoms with E-state index in [1.54, 1.807) is 16.8 Å². The van der Waals surface area contributed by atoms with Crippen molar-refractivity contribution in [1.29, 1.82) is 0 Å². The third-order valence-corrected chi connectivity index (χ3v) is 5.68. The second-order valence-electron chi connectivity index (χ2n) is 8.01. The molecule has 0 N–H and O–H groups in total. The van der Waals surface area contributed by atoms with Gasteiger partial charge in [-0.05, 0) is 43.7 Å². The van der Waals surface area contributed by atoms with Gasteiger partial charge in [-0.15, -0.1) is 0 Å². The molecule has 0 radical (unpaired) electrons. The van der Waals surface area contributed by atoms with Crippen LogP contribution in [0.5, 0.6) is 0 Å². The van der Waals surface area contributed by atoms with E-state index in [4.69, 9.17) is 0 Å². The van der Waals surface area contributed by atoms with Crippen molar-refractivity contribution in [1.82, 2.24) is 8.97 Å². The maximum atomic E-state index is 13.9. The quantitative estimate of drug-likeness (QED) is 0.356. The molecule has 4 heteroatoms. The first-order chi connectivity index (χ1) is 15.5. The minimum atomic E-state index is -0.146. The van der Waals surface area contributed by atoms with Crippen molar-refractivity contribution in [2.24, 2.45) is 0 Å². The number of fused-ring (bicyclic) bond motifs is 1. The molecule has 5 aromatic rings. The number of ketones is 1. The van der Waals surface area contributed by atoms with E-state index in [0.29, 0.717) is 16.9 Å². The van der Waals surface area contributed by atoms with Crippen LogP contribution in [0.4, 0.5) is 0 Å². The molecule has 3 heterocycles. The Balaban J connectivity index is 1.94. The van der Waals surface area contributed by atoms with Crippen LogP contribution in [0.1, 0.15) is 27.2 Å². The van der Waals surface area contributed by atoms with E-state index in [0.717, 1.165) is 27.8 Å². The molecule has 0 aliphatic carbocycles. The molecule has 0 saturated carbocycles. The number of hydrogen-bond acceptors (Lipinski definition) is 2. The van der Waals surface area contributed by atoms with E-state index in [-0.39, 0.29) is 11.3 Å². The molecular formula is C28H22N2O2. The fourth-order valence-electron chi connectivity index (χ4n) is 4.27. The molecule has 2 aromatic carbocycles. The van der Waals surface area contributed by atoms with Gasteiger partial charge in [-0.25, -0.2) is 0 Å². The number of nitrogens with zero attached hydrogens (tertiary/aromatic N) is 2. The van der Waals surface area contributed by atoms with Crippen LogP contribution >= 0.6 is 0 Å². The average Bonchev–Trinajstić information content (AvgIpc) is 3.14. The molecule has 0 unspecified atom stereocenters. The largest absolute Gasteiger partial charge is 0.311 e. The van der Waals surface area contributed by atoms with Crippen LogP contribution in [0.15, 0.2) is 102 Å². The summed E-state index contributed by atoms with van der Waals surface area (Å²) >= 11 is 0. The summed E-state index contributed by atoms with van der Waals surface area (Å²) < 4.78 is 3.52. The summed E-state index contributed by atoms with van der Waals surface area (Å²) in [5, 5.41) is 0. The van der Waals surface area contributed by atoms with Crippen LogP contribution in [0.2, 0.25) is 0 Å². The molecule has 156 valence electrons. The summed E-state index contributed by atoms with van der Waals surface area (Å²) in [7, 11) is 0. The van der Waals surface area contributed by atoms with Crippen molar-refractivity contribution in [3.63, 3.8) is 0 Å². The van der Waals surface area contributed by atoms with Crippen LogP contribution in [-0.4, -0.2) is 14.8 Å². The fraction of sp³-hybridized carbons (Fsp3) is 0.0714. The van der Waals surface area contributed by atoms with Crippen LogP contribution in [0.25, 0.3) is 22.3 Å². The van der Waals surface area contributed by atoms with E-state index in [2.05, 4.69) is 6.07 Å². The number of rotatable bonds is 4. The lowest BCUT2D eigenvalue weighted by atomic mass is 9.97. The first-order valence-electron chi connectivity index (χ1n) is 10.5. The average molecular weight is 418 g/mol. The van der Waals surface area contributed by atoms with Crippen molar-refractivity contribution in [2.45, 2.75) is 13.8 Å². The molecule has 0 aliphatic heterocycles. The lowest BCUT2D eigenvalue weighted by molar-refractivity contribution is 0.103. The lowest BCUT2D eigenvalue weighted by Crippen LogP contribution is -2.16. The highest BCUT2D eigenvalue weighted by Gasteiger charge is 2.26. The zero-order valence-electron chi connectivity index (χ0n) is 17.9. The second-order valence-corrected chi connectivity index (χ2v) is 8.01. The molecule has 0 bridgehead atoms. The molecule has 0 spiro atoms. The Labute approximate surface area is 186 Å². The minimum Gasteiger partial charge on any atom is -0.311 e. The zero-order valence-corrected chi connectivity index (χ0v) is 17.9. The molecule has 4 nitrogen and oxygen atoms in total. The molecule has 0 saturated heterocycles. The predicted octanol–water partition coefficient (Wildman–Crippen LogP) is 5.61. The van der Waals surface area contributed by atoms with Gasteiger partial charge in [-0.1, -0.05) is 65.7 Å². The summed E-state index contributed by atoms with van der Waals surface area (Å²) in [5.41, 5.74) is 6.27. The molecule has 32 heavy (non-hydrogen) atoms. The zero-order chi connectivity index (χ0) is 22.2. The number of aryl methyl sites for hydroxylation is 2. The number of aromatic nitrogens is 2. The number of pyridine rings is 2. The van der Waals surface area contributed by atoms with Crippen molar-refractivity contribution < 1.29 is 4.79 Å². The first kappa shape index (κ1) is 19.8. The first-order valence-corrected chi connectivity index (χ1v) is 10.5. The fourth-order valence-corrected chi connectivity index (χ4v) is 4.27. The molecule has 0 fully saturated rings. The van der Waals surface area contributed by atoms with Gasteiger partial charge in [-0.3, -0.25) is 14.2 Å². The van der Waals surface area contributed by atoms with Gasteiger partial charge in [0, 0.05) is 29.6 Å². The van der Waals surface area contributed by atoms with E-state index in [1.165, 1.54) is 6.07 Å². The van der Waals surface area contributed by atoms with E-state index in [9.17, 15) is 9.59 Å². The molecular weight excluding hydrogens is 396 g/mol. The van der Waals surface area contributed by atoms with Crippen LogP contribution in [0, 0.1) is 13.8 Å². The van der Waals surface area contributed by atoms with Crippen LogP contribution < -0.4 is 5.56 Å². The molecule has 3 aromatic heterocycles. The standard InChI is InChI=1S/C28H22N2O2/c1-19-9-7-11-21(17-19)25-26(30-16-6-4-14-24(30)31)23-13-3-5-15-29(23)27(25)28(32)22-12-8-10-20(2)18-22/h3-18H,1-2H3. The number of carbonyl (C=O) groups excluding carboxylic acids is 1. The summed E-state index contributed by atoms with van der Waals surface area (Å²) in [6, 6.07) is 26.5. The summed E-state index contributed by atoms with van der Waals surface area (Å²) in [6.45, 7) is 4.00. The van der Waals surface area contributed by atoms with Gasteiger partial charge in [0.05, 0.1) is 11.2 Å². The van der Waals surface area contributed by atoms with Gasteiger partial charge in [0.2, 0.25) is 5.78 Å². The topological polar surface area (TPSA) is 43.5 Å². The van der Waals surface area contributed by atoms with Gasteiger partial charge in [0.15, 0.2) is 0 Å². The maximum Gasteiger partial charge on any atom is 0.255 e. The van der Waals surface area contributed by atoms with E-state index in [1.807, 2.05) is 91.2 Å². The Bertz CT molecular complexity index is 1540. The third-order valence-electron chi connectivity index (χ3n) is 5.68.